The lowest BCUT2D eigenvalue weighted by Crippen LogP contribution is -2.22. The first kappa shape index (κ1) is 15.5. The third-order valence-electron chi connectivity index (χ3n) is 2.33. The normalized spacial score (nSPS) is 12.3. The van der Waals surface area contributed by atoms with Gasteiger partial charge in [0, 0.05) is 16.5 Å². The molecule has 1 rings (SSSR count). The van der Waals surface area contributed by atoms with Crippen LogP contribution in [-0.2, 0) is 4.79 Å². The van der Waals surface area contributed by atoms with Gasteiger partial charge >= 0.3 is 0 Å². The second-order valence-corrected chi connectivity index (χ2v) is 6.38. The molecule has 1 amide bonds. The smallest absolute Gasteiger partial charge is 0.224 e. The Morgan fingerprint density at radius 3 is 2.63 bits per heavy atom. The molecule has 0 atom stereocenters. The summed E-state index contributed by atoms with van der Waals surface area (Å²) in [4.78, 5) is 11.9. The van der Waals surface area contributed by atoms with E-state index in [0.29, 0.717) is 17.7 Å². The number of carbonyl (C=O) groups excluding carboxylic acids is 1. The molecule has 0 bridgehead atoms. The van der Waals surface area contributed by atoms with E-state index in [0.717, 1.165) is 4.47 Å². The van der Waals surface area contributed by atoms with Crippen LogP contribution < -0.4 is 11.1 Å². The van der Waals surface area contributed by atoms with Crippen molar-refractivity contribution >= 4 is 33.4 Å². The zero-order valence-electron chi connectivity index (χ0n) is 11.2. The standard InChI is InChI=1S/C13H18BrN3O2/c1-13(2,3)7-11(18)16-10-5-4-8(14)6-9(10)12(15)17-19/h4-6,19H,7H2,1-3H3,(H2,15,17)(H,16,18). The minimum Gasteiger partial charge on any atom is -0.409 e. The first-order valence-electron chi connectivity index (χ1n) is 5.80. The van der Waals surface area contributed by atoms with E-state index in [4.69, 9.17) is 10.9 Å². The molecule has 0 saturated heterocycles. The quantitative estimate of drug-likeness (QED) is 0.345. The van der Waals surface area contributed by atoms with E-state index < -0.39 is 0 Å². The summed E-state index contributed by atoms with van der Waals surface area (Å²) >= 11 is 3.30. The van der Waals surface area contributed by atoms with E-state index in [2.05, 4.69) is 26.4 Å². The zero-order chi connectivity index (χ0) is 14.6. The van der Waals surface area contributed by atoms with Crippen molar-refractivity contribution in [3.05, 3.63) is 28.2 Å². The number of amides is 1. The van der Waals surface area contributed by atoms with E-state index in [1.165, 1.54) is 0 Å². The van der Waals surface area contributed by atoms with Gasteiger partial charge < -0.3 is 16.3 Å². The van der Waals surface area contributed by atoms with Crippen molar-refractivity contribution in [1.82, 2.24) is 0 Å². The number of nitrogens with two attached hydrogens (primary N) is 1. The van der Waals surface area contributed by atoms with Crippen molar-refractivity contribution in [2.45, 2.75) is 27.2 Å². The average Bonchev–Trinajstić information content (AvgIpc) is 2.28. The summed E-state index contributed by atoms with van der Waals surface area (Å²) < 4.78 is 0.780. The summed E-state index contributed by atoms with van der Waals surface area (Å²) in [5, 5.41) is 14.5. The molecule has 0 heterocycles. The average molecular weight is 328 g/mol. The molecule has 0 aliphatic rings. The minimum atomic E-state index is -0.109. The van der Waals surface area contributed by atoms with Gasteiger partial charge in [-0.15, -0.1) is 0 Å². The van der Waals surface area contributed by atoms with E-state index >= 15 is 0 Å². The molecule has 0 unspecified atom stereocenters. The number of nitrogens with one attached hydrogen (secondary N) is 1. The van der Waals surface area contributed by atoms with E-state index in [1.54, 1.807) is 18.2 Å². The second-order valence-electron chi connectivity index (χ2n) is 5.46. The number of halogens is 1. The highest BCUT2D eigenvalue weighted by Crippen LogP contribution is 2.23. The fraction of sp³-hybridized carbons (Fsp3) is 0.385. The van der Waals surface area contributed by atoms with Crippen molar-refractivity contribution in [2.24, 2.45) is 16.3 Å². The highest BCUT2D eigenvalue weighted by atomic mass is 79.9. The third-order valence-corrected chi connectivity index (χ3v) is 2.82. The van der Waals surface area contributed by atoms with Gasteiger partial charge in [-0.05, 0) is 23.6 Å². The number of hydrogen-bond acceptors (Lipinski definition) is 3. The maximum Gasteiger partial charge on any atom is 0.224 e. The van der Waals surface area contributed by atoms with Crippen LogP contribution in [0, 0.1) is 5.41 Å². The zero-order valence-corrected chi connectivity index (χ0v) is 12.8. The minimum absolute atomic E-state index is 0.0487. The number of oxime groups is 1. The molecule has 0 aliphatic heterocycles. The predicted molar refractivity (Wildman–Crippen MR) is 79.4 cm³/mol. The van der Waals surface area contributed by atoms with Crippen molar-refractivity contribution in [3.8, 4) is 0 Å². The molecule has 5 nitrogen and oxygen atoms in total. The Morgan fingerprint density at radius 2 is 2.11 bits per heavy atom. The second kappa shape index (κ2) is 6.06. The summed E-state index contributed by atoms with van der Waals surface area (Å²) in [6, 6.07) is 5.17. The number of hydrogen-bond donors (Lipinski definition) is 3. The summed E-state index contributed by atoms with van der Waals surface area (Å²) in [6.45, 7) is 5.95. The lowest BCUT2D eigenvalue weighted by molar-refractivity contribution is -0.117. The molecule has 0 spiro atoms. The topological polar surface area (TPSA) is 87.7 Å². The molecule has 6 heteroatoms. The highest BCUT2D eigenvalue weighted by molar-refractivity contribution is 9.10. The van der Waals surface area contributed by atoms with Gasteiger partial charge in [-0.1, -0.05) is 41.9 Å². The molecule has 1 aromatic carbocycles. The van der Waals surface area contributed by atoms with Crippen molar-refractivity contribution < 1.29 is 10.0 Å². The summed E-state index contributed by atoms with van der Waals surface area (Å²) in [5.74, 6) is -0.158. The summed E-state index contributed by atoms with van der Waals surface area (Å²) in [6.07, 6.45) is 0.388. The molecule has 4 N–H and O–H groups in total. The number of benzene rings is 1. The first-order chi connectivity index (χ1) is 8.73. The number of carbonyl (C=O) groups is 1. The van der Waals surface area contributed by atoms with Crippen LogP contribution >= 0.6 is 15.9 Å². The van der Waals surface area contributed by atoms with Gasteiger partial charge in [-0.3, -0.25) is 4.79 Å². The van der Waals surface area contributed by atoms with Crippen LogP contribution in [0.25, 0.3) is 0 Å². The number of nitrogens with zero attached hydrogens (tertiary/aromatic N) is 1. The number of rotatable bonds is 3. The molecule has 0 fully saturated rings. The fourth-order valence-corrected chi connectivity index (χ4v) is 1.93. The van der Waals surface area contributed by atoms with Gasteiger partial charge in [0.2, 0.25) is 5.91 Å². The van der Waals surface area contributed by atoms with E-state index in [-0.39, 0.29) is 17.2 Å². The largest absolute Gasteiger partial charge is 0.409 e. The van der Waals surface area contributed by atoms with Crippen LogP contribution in [0.15, 0.2) is 27.8 Å². The fourth-order valence-electron chi connectivity index (χ4n) is 1.57. The highest BCUT2D eigenvalue weighted by Gasteiger charge is 2.17. The molecule has 19 heavy (non-hydrogen) atoms. The Bertz CT molecular complexity index is 507. The maximum absolute atomic E-state index is 11.9. The molecule has 0 saturated carbocycles. The van der Waals surface area contributed by atoms with Crippen molar-refractivity contribution in [1.29, 1.82) is 0 Å². The molecular formula is C13H18BrN3O2. The van der Waals surface area contributed by atoms with Crippen LogP contribution in [0.4, 0.5) is 5.69 Å². The Morgan fingerprint density at radius 1 is 1.47 bits per heavy atom. The van der Waals surface area contributed by atoms with Crippen molar-refractivity contribution in [2.75, 3.05) is 5.32 Å². The van der Waals surface area contributed by atoms with Gasteiger partial charge in [0.25, 0.3) is 0 Å². The number of amidine groups is 1. The van der Waals surface area contributed by atoms with E-state index in [1.807, 2.05) is 20.8 Å². The molecule has 0 aliphatic carbocycles. The number of anilines is 1. The van der Waals surface area contributed by atoms with Crippen LogP contribution in [0.5, 0.6) is 0 Å². The third kappa shape index (κ3) is 4.90. The summed E-state index contributed by atoms with van der Waals surface area (Å²) in [5.41, 5.74) is 6.49. The molecule has 0 aromatic heterocycles. The maximum atomic E-state index is 11.9. The summed E-state index contributed by atoms with van der Waals surface area (Å²) in [7, 11) is 0. The van der Waals surface area contributed by atoms with Crippen LogP contribution in [0.2, 0.25) is 0 Å². The SMILES string of the molecule is CC(C)(C)CC(=O)Nc1ccc(Br)cc1/C(N)=N/O. The van der Waals surface area contributed by atoms with Crippen LogP contribution in [0.3, 0.4) is 0 Å². The van der Waals surface area contributed by atoms with E-state index in [9.17, 15) is 4.79 Å². The predicted octanol–water partition coefficient (Wildman–Crippen LogP) is 2.92. The van der Waals surface area contributed by atoms with Gasteiger partial charge in [0.15, 0.2) is 5.84 Å². The lowest BCUT2D eigenvalue weighted by Gasteiger charge is -2.18. The van der Waals surface area contributed by atoms with Gasteiger partial charge in [0.1, 0.15) is 0 Å². The molecular weight excluding hydrogens is 310 g/mol. The molecule has 0 radical (unpaired) electrons. The Hall–Kier alpha value is -1.56. The van der Waals surface area contributed by atoms with Gasteiger partial charge in [-0.25, -0.2) is 0 Å². The Balaban J connectivity index is 2.98. The Kier molecular flexibility index (Phi) is 4.94. The van der Waals surface area contributed by atoms with Gasteiger partial charge in [-0.2, -0.15) is 0 Å². The molecule has 1 aromatic rings. The van der Waals surface area contributed by atoms with Crippen molar-refractivity contribution in [3.63, 3.8) is 0 Å². The molecule has 104 valence electrons. The van der Waals surface area contributed by atoms with Crippen LogP contribution in [0.1, 0.15) is 32.8 Å². The van der Waals surface area contributed by atoms with Gasteiger partial charge in [0.05, 0.1) is 5.69 Å². The lowest BCUT2D eigenvalue weighted by atomic mass is 9.92. The Labute approximate surface area is 121 Å². The monoisotopic (exact) mass is 327 g/mol. The first-order valence-corrected chi connectivity index (χ1v) is 6.59. The van der Waals surface area contributed by atoms with Crippen LogP contribution in [-0.4, -0.2) is 17.0 Å².